The maximum Gasteiger partial charge on any atom is 0.143 e. The van der Waals surface area contributed by atoms with Crippen LogP contribution in [0.5, 0.6) is 11.5 Å². The Hall–Kier alpha value is -3.46. The van der Waals surface area contributed by atoms with E-state index in [2.05, 4.69) is 27.3 Å². The molecule has 0 bridgehead atoms. The van der Waals surface area contributed by atoms with Crippen LogP contribution in [0, 0.1) is 11.3 Å². The third-order valence-corrected chi connectivity index (χ3v) is 5.29. The van der Waals surface area contributed by atoms with Gasteiger partial charge in [0, 0.05) is 54.1 Å². The number of methoxy groups -OCH3 is 2. The molecule has 29 heavy (non-hydrogen) atoms. The number of nitriles is 1. The van der Waals surface area contributed by atoms with E-state index in [0.29, 0.717) is 5.69 Å². The molecule has 0 aliphatic carbocycles. The van der Waals surface area contributed by atoms with Crippen molar-refractivity contribution in [1.29, 1.82) is 5.26 Å². The molecule has 4 rings (SSSR count). The summed E-state index contributed by atoms with van der Waals surface area (Å²) in [6.07, 6.45) is 2.14. The van der Waals surface area contributed by atoms with Gasteiger partial charge < -0.3 is 19.7 Å². The van der Waals surface area contributed by atoms with Gasteiger partial charge in [0.05, 0.1) is 19.7 Å². The number of para-hydroxylation sites is 1. The lowest BCUT2D eigenvalue weighted by molar-refractivity contribution is 0.394. The Morgan fingerprint density at radius 3 is 2.59 bits per heavy atom. The molecule has 0 saturated carbocycles. The zero-order chi connectivity index (χ0) is 20.2. The zero-order valence-corrected chi connectivity index (χ0v) is 16.7. The Labute approximate surface area is 170 Å². The molecular weight excluding hydrogens is 364 g/mol. The van der Waals surface area contributed by atoms with Gasteiger partial charge in [0.15, 0.2) is 0 Å². The smallest absolute Gasteiger partial charge is 0.143 e. The first-order valence-electron chi connectivity index (χ1n) is 9.74. The molecule has 2 aromatic carbocycles. The lowest BCUT2D eigenvalue weighted by Gasteiger charge is -2.36. The Bertz CT molecular complexity index is 1040. The molecule has 1 fully saturated rings. The van der Waals surface area contributed by atoms with Crippen molar-refractivity contribution in [2.45, 2.75) is 18.9 Å². The number of rotatable bonds is 5. The normalized spacial score (nSPS) is 16.3. The van der Waals surface area contributed by atoms with Gasteiger partial charge in [-0.1, -0.05) is 18.2 Å². The number of pyridine rings is 1. The highest BCUT2D eigenvalue weighted by Gasteiger charge is 2.22. The average Bonchev–Trinajstić information content (AvgIpc) is 2.78. The molecular formula is C23H24N4O2. The van der Waals surface area contributed by atoms with E-state index in [4.69, 9.17) is 9.47 Å². The van der Waals surface area contributed by atoms with Crippen molar-refractivity contribution in [3.63, 3.8) is 0 Å². The summed E-state index contributed by atoms with van der Waals surface area (Å²) >= 11 is 0. The van der Waals surface area contributed by atoms with Crippen LogP contribution in [0.25, 0.3) is 10.9 Å². The number of fused-ring (bicyclic) bond motifs is 1. The number of piperidine rings is 1. The molecule has 1 aliphatic heterocycles. The van der Waals surface area contributed by atoms with Gasteiger partial charge in [-0.05, 0) is 25.0 Å². The third kappa shape index (κ3) is 4.04. The standard InChI is InChI=1S/C23H24N4O2/c1-28-19-10-17(11-20(13-19)29-2)25-16-6-5-9-27(15-16)23-12-18(14-24)26-22-8-4-3-7-21(22)23/h3-4,7-8,10-13,16,25H,5-6,9,15H2,1-2H3. The van der Waals surface area contributed by atoms with Gasteiger partial charge in [0.25, 0.3) is 0 Å². The van der Waals surface area contributed by atoms with Crippen LogP contribution >= 0.6 is 0 Å². The summed E-state index contributed by atoms with van der Waals surface area (Å²) in [6, 6.07) is 18.2. The number of ether oxygens (including phenoxy) is 2. The lowest BCUT2D eigenvalue weighted by Crippen LogP contribution is -2.42. The Balaban J connectivity index is 1.60. The highest BCUT2D eigenvalue weighted by molar-refractivity contribution is 5.92. The number of nitrogens with zero attached hydrogens (tertiary/aromatic N) is 3. The number of hydrogen-bond acceptors (Lipinski definition) is 6. The van der Waals surface area contributed by atoms with Gasteiger partial charge in [-0.2, -0.15) is 5.26 Å². The van der Waals surface area contributed by atoms with Crippen LogP contribution in [0.2, 0.25) is 0 Å². The van der Waals surface area contributed by atoms with Crippen molar-refractivity contribution in [3.05, 3.63) is 54.2 Å². The van der Waals surface area contributed by atoms with Crippen LogP contribution in [-0.2, 0) is 0 Å². The van der Waals surface area contributed by atoms with Crippen molar-refractivity contribution in [2.24, 2.45) is 0 Å². The van der Waals surface area contributed by atoms with Crippen LogP contribution < -0.4 is 19.7 Å². The molecule has 1 atom stereocenters. The summed E-state index contributed by atoms with van der Waals surface area (Å²) in [5, 5.41) is 14.1. The largest absolute Gasteiger partial charge is 0.497 e. The van der Waals surface area contributed by atoms with E-state index in [1.165, 1.54) is 0 Å². The summed E-state index contributed by atoms with van der Waals surface area (Å²) in [7, 11) is 3.31. The monoisotopic (exact) mass is 388 g/mol. The molecule has 0 amide bonds. The molecule has 1 aliphatic rings. The van der Waals surface area contributed by atoms with E-state index in [1.807, 2.05) is 42.5 Å². The summed E-state index contributed by atoms with van der Waals surface area (Å²) in [6.45, 7) is 1.80. The topological polar surface area (TPSA) is 70.4 Å². The Kier molecular flexibility index (Phi) is 5.39. The number of anilines is 2. The number of hydrogen-bond donors (Lipinski definition) is 1. The molecule has 148 valence electrons. The van der Waals surface area contributed by atoms with Crippen molar-refractivity contribution >= 4 is 22.3 Å². The Morgan fingerprint density at radius 2 is 1.86 bits per heavy atom. The first-order chi connectivity index (χ1) is 14.2. The van der Waals surface area contributed by atoms with E-state index in [1.54, 1.807) is 14.2 Å². The minimum atomic E-state index is 0.276. The number of nitrogens with one attached hydrogen (secondary N) is 1. The van der Waals surface area contributed by atoms with E-state index in [-0.39, 0.29) is 6.04 Å². The van der Waals surface area contributed by atoms with Gasteiger partial charge >= 0.3 is 0 Å². The number of aromatic nitrogens is 1. The number of benzene rings is 2. The molecule has 2 heterocycles. The highest BCUT2D eigenvalue weighted by Crippen LogP contribution is 2.31. The molecule has 0 radical (unpaired) electrons. The zero-order valence-electron chi connectivity index (χ0n) is 16.7. The predicted octanol–water partition coefficient (Wildman–Crippen LogP) is 4.20. The van der Waals surface area contributed by atoms with Gasteiger partial charge in [-0.15, -0.1) is 0 Å². The highest BCUT2D eigenvalue weighted by atomic mass is 16.5. The van der Waals surface area contributed by atoms with Gasteiger partial charge in [-0.3, -0.25) is 0 Å². The second-order valence-electron chi connectivity index (χ2n) is 7.19. The lowest BCUT2D eigenvalue weighted by atomic mass is 10.0. The van der Waals surface area contributed by atoms with E-state index in [0.717, 1.165) is 59.7 Å². The summed E-state index contributed by atoms with van der Waals surface area (Å²) in [5.41, 5.74) is 3.35. The van der Waals surface area contributed by atoms with Crippen LogP contribution in [0.4, 0.5) is 11.4 Å². The molecule has 1 N–H and O–H groups in total. The molecule has 6 heteroatoms. The van der Waals surface area contributed by atoms with E-state index < -0.39 is 0 Å². The van der Waals surface area contributed by atoms with Crippen LogP contribution in [-0.4, -0.2) is 38.3 Å². The van der Waals surface area contributed by atoms with Gasteiger partial charge in [0.1, 0.15) is 23.3 Å². The fourth-order valence-corrected chi connectivity index (χ4v) is 3.92. The van der Waals surface area contributed by atoms with Crippen LogP contribution in [0.15, 0.2) is 48.5 Å². The maximum atomic E-state index is 9.40. The SMILES string of the molecule is COc1cc(NC2CCCN(c3cc(C#N)nc4ccccc34)C2)cc(OC)c1. The van der Waals surface area contributed by atoms with Gasteiger partial charge in [0.2, 0.25) is 0 Å². The molecule has 1 saturated heterocycles. The van der Waals surface area contributed by atoms with Crippen molar-refractivity contribution in [3.8, 4) is 17.6 Å². The van der Waals surface area contributed by atoms with E-state index in [9.17, 15) is 5.26 Å². The van der Waals surface area contributed by atoms with Crippen molar-refractivity contribution in [1.82, 2.24) is 4.98 Å². The second kappa shape index (κ2) is 8.27. The van der Waals surface area contributed by atoms with Crippen molar-refractivity contribution < 1.29 is 9.47 Å². The average molecular weight is 388 g/mol. The predicted molar refractivity (Wildman–Crippen MR) is 115 cm³/mol. The molecule has 6 nitrogen and oxygen atoms in total. The van der Waals surface area contributed by atoms with Gasteiger partial charge in [-0.25, -0.2) is 4.98 Å². The Morgan fingerprint density at radius 1 is 1.10 bits per heavy atom. The molecule has 1 aromatic heterocycles. The summed E-state index contributed by atoms with van der Waals surface area (Å²) < 4.78 is 10.8. The minimum absolute atomic E-state index is 0.276. The minimum Gasteiger partial charge on any atom is -0.497 e. The fraction of sp³-hybridized carbons (Fsp3) is 0.304. The summed E-state index contributed by atoms with van der Waals surface area (Å²) in [4.78, 5) is 6.79. The van der Waals surface area contributed by atoms with Crippen LogP contribution in [0.3, 0.4) is 0 Å². The third-order valence-electron chi connectivity index (χ3n) is 5.29. The maximum absolute atomic E-state index is 9.40. The quantitative estimate of drug-likeness (QED) is 0.706. The first-order valence-corrected chi connectivity index (χ1v) is 9.74. The molecule has 1 unspecified atom stereocenters. The molecule has 3 aromatic rings. The summed E-state index contributed by atoms with van der Waals surface area (Å²) in [5.74, 6) is 1.52. The van der Waals surface area contributed by atoms with E-state index >= 15 is 0 Å². The molecule has 0 spiro atoms. The van der Waals surface area contributed by atoms with Crippen molar-refractivity contribution in [2.75, 3.05) is 37.5 Å². The second-order valence-corrected chi connectivity index (χ2v) is 7.19. The fourth-order valence-electron chi connectivity index (χ4n) is 3.92. The van der Waals surface area contributed by atoms with Crippen LogP contribution in [0.1, 0.15) is 18.5 Å². The first kappa shape index (κ1) is 18.9.